The van der Waals surface area contributed by atoms with E-state index in [0.29, 0.717) is 84.8 Å². The molecule has 1 unspecified atom stereocenters. The molecule has 0 bridgehead atoms. The monoisotopic (exact) mass is 453 g/mol. The molecule has 1 atom stereocenters. The van der Waals surface area contributed by atoms with E-state index in [0.717, 1.165) is 0 Å². The molecule has 1 rings (SSSR count). The first-order valence-electron chi connectivity index (χ1n) is 10.7. The summed E-state index contributed by atoms with van der Waals surface area (Å²) in [6.07, 6.45) is 0.105. The summed E-state index contributed by atoms with van der Waals surface area (Å²) < 4.78 is 38.9. The molecule has 1 aliphatic rings. The van der Waals surface area contributed by atoms with Crippen LogP contribution < -0.4 is 0 Å². The number of amides is 1. The molecule has 30 heavy (non-hydrogen) atoms. The van der Waals surface area contributed by atoms with Crippen LogP contribution >= 0.6 is 0 Å². The van der Waals surface area contributed by atoms with Gasteiger partial charge in [0, 0.05) is 52.5 Å². The van der Waals surface area contributed by atoms with Crippen LogP contribution in [0.25, 0.3) is 0 Å². The van der Waals surface area contributed by atoms with E-state index in [4.69, 9.17) is 32.2 Å². The molecule has 1 saturated heterocycles. The second-order valence-electron chi connectivity index (χ2n) is 6.76. The summed E-state index contributed by atoms with van der Waals surface area (Å²) >= 11 is 0. The van der Waals surface area contributed by atoms with Crippen molar-refractivity contribution in [2.45, 2.75) is 45.4 Å². The Morgan fingerprint density at radius 3 is 2.13 bits per heavy atom. The summed E-state index contributed by atoms with van der Waals surface area (Å²) in [6, 6.07) is 0.573. The number of carbonyl (C=O) groups is 1. The smallest absolute Gasteiger partial charge is 0.465 e. The van der Waals surface area contributed by atoms with E-state index in [-0.39, 0.29) is 0 Å². The van der Waals surface area contributed by atoms with Crippen LogP contribution in [0.4, 0.5) is 4.79 Å². The van der Waals surface area contributed by atoms with Crippen molar-refractivity contribution < 1.29 is 42.1 Å². The molecule has 0 aromatic carbocycles. The average molecular weight is 454 g/mol. The Kier molecular flexibility index (Phi) is 13.7. The maximum absolute atomic E-state index is 11.7. The fraction of sp³-hybridized carbons (Fsp3) is 0.947. The summed E-state index contributed by atoms with van der Waals surface area (Å²) in [5.74, 6) is -0.696. The van der Waals surface area contributed by atoms with E-state index in [9.17, 15) is 9.90 Å². The molecule has 1 aliphatic heterocycles. The van der Waals surface area contributed by atoms with Gasteiger partial charge in [-0.3, -0.25) is 0 Å². The van der Waals surface area contributed by atoms with Crippen LogP contribution in [0.2, 0.25) is 6.04 Å². The summed E-state index contributed by atoms with van der Waals surface area (Å²) in [6.45, 7) is 10.3. The maximum Gasteiger partial charge on any atom is 0.500 e. The van der Waals surface area contributed by atoms with E-state index in [1.165, 1.54) is 4.90 Å². The molecule has 0 aromatic heterocycles. The van der Waals surface area contributed by atoms with Crippen LogP contribution in [0.3, 0.4) is 0 Å². The van der Waals surface area contributed by atoms with Crippen LogP contribution in [0.5, 0.6) is 0 Å². The second-order valence-corrected chi connectivity index (χ2v) is 9.49. The van der Waals surface area contributed by atoms with Gasteiger partial charge in [-0.2, -0.15) is 0 Å². The third-order valence-electron chi connectivity index (χ3n) is 4.53. The number of hydrogen-bond donors (Lipinski definition) is 1. The number of nitrogens with zero attached hydrogens (tertiary/aromatic N) is 1. The number of ether oxygens (including phenoxy) is 4. The van der Waals surface area contributed by atoms with Crippen molar-refractivity contribution in [1.29, 1.82) is 0 Å². The first kappa shape index (κ1) is 27.2. The van der Waals surface area contributed by atoms with Crippen molar-refractivity contribution >= 4 is 14.9 Å². The number of epoxide rings is 1. The number of rotatable bonds is 20. The van der Waals surface area contributed by atoms with Crippen LogP contribution in [0.15, 0.2) is 0 Å². The molecular formula is C19H39NO9Si. The zero-order valence-electron chi connectivity index (χ0n) is 18.9. The van der Waals surface area contributed by atoms with Gasteiger partial charge in [0.2, 0.25) is 0 Å². The van der Waals surface area contributed by atoms with Crippen LogP contribution in [-0.2, 0) is 32.2 Å². The fourth-order valence-corrected chi connectivity index (χ4v) is 5.60. The lowest BCUT2D eigenvalue weighted by Gasteiger charge is -2.29. The molecule has 0 radical (unpaired) electrons. The molecule has 10 nitrogen and oxygen atoms in total. The van der Waals surface area contributed by atoms with Crippen molar-refractivity contribution in [3.8, 4) is 0 Å². The Bertz CT molecular complexity index is 448. The van der Waals surface area contributed by atoms with Crippen molar-refractivity contribution in [2.24, 2.45) is 0 Å². The van der Waals surface area contributed by atoms with Crippen molar-refractivity contribution in [1.82, 2.24) is 4.90 Å². The lowest BCUT2D eigenvalue weighted by molar-refractivity contribution is -0.0745. The predicted octanol–water partition coefficient (Wildman–Crippen LogP) is 2.20. The van der Waals surface area contributed by atoms with Gasteiger partial charge in [0.15, 0.2) is 5.79 Å². The van der Waals surface area contributed by atoms with Gasteiger partial charge in [-0.25, -0.2) is 4.79 Å². The van der Waals surface area contributed by atoms with Gasteiger partial charge in [0.1, 0.15) is 6.61 Å². The molecule has 178 valence electrons. The summed E-state index contributed by atoms with van der Waals surface area (Å²) in [5.41, 5.74) is 0. The summed E-state index contributed by atoms with van der Waals surface area (Å²) in [7, 11) is -1.15. The molecule has 11 heteroatoms. The van der Waals surface area contributed by atoms with E-state index >= 15 is 0 Å². The lowest BCUT2D eigenvalue weighted by atomic mass is 10.2. The lowest BCUT2D eigenvalue weighted by Crippen LogP contribution is -2.46. The van der Waals surface area contributed by atoms with Gasteiger partial charge in [0.25, 0.3) is 0 Å². The minimum atomic E-state index is -2.77. The van der Waals surface area contributed by atoms with Crippen LogP contribution in [0, 0.1) is 0 Å². The average Bonchev–Trinajstić information content (AvgIpc) is 3.47. The minimum Gasteiger partial charge on any atom is -0.465 e. The first-order chi connectivity index (χ1) is 14.5. The Morgan fingerprint density at radius 2 is 1.63 bits per heavy atom. The van der Waals surface area contributed by atoms with Crippen molar-refractivity contribution in [2.75, 3.05) is 73.1 Å². The standard InChI is InChI=1S/C19H39NO9Si/c1-5-27-30(28-6-2,29-7-3)16-8-10-20(18(21)22)11-9-19(17-26-19)25-15-14-24-13-12-23-4/h5-17H2,1-4H3,(H,21,22). The minimum absolute atomic E-state index is 0.326. The van der Waals surface area contributed by atoms with Gasteiger partial charge in [-0.05, 0) is 27.2 Å². The van der Waals surface area contributed by atoms with E-state index in [1.807, 2.05) is 20.8 Å². The third kappa shape index (κ3) is 10.5. The number of carboxylic acid groups (broad SMARTS) is 1. The Balaban J connectivity index is 2.40. The number of methoxy groups -OCH3 is 1. The van der Waals surface area contributed by atoms with Crippen LogP contribution in [0.1, 0.15) is 33.6 Å². The van der Waals surface area contributed by atoms with Gasteiger partial charge in [-0.15, -0.1) is 0 Å². The van der Waals surface area contributed by atoms with Crippen molar-refractivity contribution in [3.05, 3.63) is 0 Å². The van der Waals surface area contributed by atoms with Gasteiger partial charge < -0.3 is 42.2 Å². The van der Waals surface area contributed by atoms with Gasteiger partial charge in [0.05, 0.1) is 26.4 Å². The van der Waals surface area contributed by atoms with Crippen LogP contribution in [-0.4, -0.2) is 104 Å². The molecule has 1 fully saturated rings. The third-order valence-corrected chi connectivity index (χ3v) is 7.68. The molecule has 1 amide bonds. The quantitative estimate of drug-likeness (QED) is 0.169. The molecule has 0 saturated carbocycles. The van der Waals surface area contributed by atoms with E-state index < -0.39 is 20.7 Å². The zero-order chi connectivity index (χ0) is 22.3. The summed E-state index contributed by atoms with van der Waals surface area (Å²) in [5, 5.41) is 9.56. The highest BCUT2D eigenvalue weighted by atomic mass is 28.4. The Hall–Kier alpha value is -0.793. The Morgan fingerprint density at radius 1 is 1.03 bits per heavy atom. The maximum atomic E-state index is 11.7. The number of hydrogen-bond acceptors (Lipinski definition) is 8. The molecule has 0 aromatic rings. The largest absolute Gasteiger partial charge is 0.500 e. The first-order valence-corrected chi connectivity index (χ1v) is 12.6. The van der Waals surface area contributed by atoms with Gasteiger partial charge >= 0.3 is 14.9 Å². The molecular weight excluding hydrogens is 414 g/mol. The summed E-state index contributed by atoms with van der Waals surface area (Å²) in [4.78, 5) is 13.0. The predicted molar refractivity (Wildman–Crippen MR) is 112 cm³/mol. The molecule has 0 aliphatic carbocycles. The molecule has 1 heterocycles. The van der Waals surface area contributed by atoms with Crippen molar-refractivity contribution in [3.63, 3.8) is 0 Å². The topological polar surface area (TPSA) is 108 Å². The van der Waals surface area contributed by atoms with E-state index in [2.05, 4.69) is 0 Å². The zero-order valence-corrected chi connectivity index (χ0v) is 19.9. The Labute approximate surface area is 181 Å². The normalized spacial score (nSPS) is 18.5. The fourth-order valence-electron chi connectivity index (χ4n) is 3.01. The highest BCUT2D eigenvalue weighted by Gasteiger charge is 2.46. The highest BCUT2D eigenvalue weighted by molar-refractivity contribution is 6.60. The van der Waals surface area contributed by atoms with E-state index in [1.54, 1.807) is 7.11 Å². The highest BCUT2D eigenvalue weighted by Crippen LogP contribution is 2.32. The molecule has 1 N–H and O–H groups in total. The SMILES string of the molecule is CCO[Si](CCCN(CCC1(OCCOCCOC)CO1)C(=O)O)(OCC)OCC. The molecule has 0 spiro atoms. The second kappa shape index (κ2) is 15.1. The van der Waals surface area contributed by atoms with Gasteiger partial charge in [-0.1, -0.05) is 0 Å².